The van der Waals surface area contributed by atoms with Gasteiger partial charge in [-0.15, -0.1) is 0 Å². The number of carbonyl (C=O) groups is 2. The van der Waals surface area contributed by atoms with Crippen molar-refractivity contribution in [3.63, 3.8) is 0 Å². The fourth-order valence-electron chi connectivity index (χ4n) is 4.00. The van der Waals surface area contributed by atoms with Gasteiger partial charge in [0.15, 0.2) is 0 Å². The molecule has 0 saturated carbocycles. The summed E-state index contributed by atoms with van der Waals surface area (Å²) in [7, 11) is 4.09. The number of ether oxygens (including phenoxy) is 2. The summed E-state index contributed by atoms with van der Waals surface area (Å²) in [5.74, 6) is 0.138. The molecular weight excluding hydrogens is 454 g/mol. The molecule has 3 aromatic rings. The first kappa shape index (κ1) is 25.0. The number of benzene rings is 3. The van der Waals surface area contributed by atoms with Crippen LogP contribution in [0.15, 0.2) is 72.8 Å². The number of carbonyl (C=O) groups excluding carboxylic acids is 2. The van der Waals surface area contributed by atoms with E-state index in [0.29, 0.717) is 29.1 Å². The van der Waals surface area contributed by atoms with Gasteiger partial charge < -0.3 is 25.0 Å². The number of nitrogens with zero attached hydrogens (tertiary/aromatic N) is 1. The van der Waals surface area contributed by atoms with Gasteiger partial charge in [-0.25, -0.2) is 4.79 Å². The molecule has 3 aromatic carbocycles. The smallest absolute Gasteiger partial charge is 0.338 e. The third kappa shape index (κ3) is 5.93. The molecule has 7 heteroatoms. The van der Waals surface area contributed by atoms with Gasteiger partial charge in [-0.1, -0.05) is 36.4 Å². The Morgan fingerprint density at radius 3 is 2.42 bits per heavy atom. The number of amides is 1. The molecule has 0 radical (unpaired) electrons. The lowest BCUT2D eigenvalue weighted by molar-refractivity contribution is -0.110. The molecule has 4 rings (SSSR count). The number of fused-ring (bicyclic) bond motifs is 1. The summed E-state index contributed by atoms with van der Waals surface area (Å²) in [5.41, 5.74) is 4.58. The summed E-state index contributed by atoms with van der Waals surface area (Å²) in [5, 5.41) is 6.34. The summed E-state index contributed by atoms with van der Waals surface area (Å²) in [4.78, 5) is 27.4. The van der Waals surface area contributed by atoms with Gasteiger partial charge in [0, 0.05) is 17.8 Å². The van der Waals surface area contributed by atoms with E-state index in [9.17, 15) is 9.59 Å². The second-order valence-electron chi connectivity index (χ2n) is 8.71. The van der Waals surface area contributed by atoms with Crippen molar-refractivity contribution in [2.24, 2.45) is 0 Å². The molecule has 0 fully saturated rings. The van der Waals surface area contributed by atoms with Crippen LogP contribution < -0.4 is 15.4 Å². The Hall–Kier alpha value is -4.10. The van der Waals surface area contributed by atoms with Crippen LogP contribution in [0.4, 0.5) is 11.4 Å². The van der Waals surface area contributed by atoms with E-state index in [1.54, 1.807) is 25.1 Å². The monoisotopic (exact) mass is 485 g/mol. The van der Waals surface area contributed by atoms with Gasteiger partial charge in [0.25, 0.3) is 5.91 Å². The topological polar surface area (TPSA) is 79.9 Å². The Bertz CT molecular complexity index is 1250. The van der Waals surface area contributed by atoms with Crippen molar-refractivity contribution in [2.45, 2.75) is 13.3 Å². The number of anilines is 2. The molecule has 1 heterocycles. The molecule has 1 amide bonds. The molecule has 36 heavy (non-hydrogen) atoms. The summed E-state index contributed by atoms with van der Waals surface area (Å²) >= 11 is 0. The van der Waals surface area contributed by atoms with Crippen LogP contribution in [-0.2, 0) is 9.53 Å². The molecule has 0 bridgehead atoms. The van der Waals surface area contributed by atoms with Crippen molar-refractivity contribution in [3.05, 3.63) is 89.5 Å². The van der Waals surface area contributed by atoms with Crippen molar-refractivity contribution in [1.82, 2.24) is 4.90 Å². The SMILES string of the molecule is CCOC(=O)c1ccc2c(c1)NC(=O)C2=C(Nc1ccc(OCCCN(C)C)cc1)c1ccccc1. The summed E-state index contributed by atoms with van der Waals surface area (Å²) in [6.07, 6.45) is 0.948. The quantitative estimate of drug-likeness (QED) is 0.236. The fraction of sp³-hybridized carbons (Fsp3) is 0.241. The average molecular weight is 486 g/mol. The van der Waals surface area contributed by atoms with Crippen LogP contribution in [0.3, 0.4) is 0 Å². The molecule has 7 nitrogen and oxygen atoms in total. The highest BCUT2D eigenvalue weighted by atomic mass is 16.5. The minimum absolute atomic E-state index is 0.238. The first-order valence-electron chi connectivity index (χ1n) is 12.0. The van der Waals surface area contributed by atoms with Gasteiger partial charge in [-0.05, 0) is 69.4 Å². The Morgan fingerprint density at radius 2 is 1.72 bits per heavy atom. The van der Waals surface area contributed by atoms with Crippen LogP contribution in [0, 0.1) is 0 Å². The van der Waals surface area contributed by atoms with E-state index in [1.807, 2.05) is 68.7 Å². The average Bonchev–Trinajstić information content (AvgIpc) is 3.21. The van der Waals surface area contributed by atoms with Crippen molar-refractivity contribution in [1.29, 1.82) is 0 Å². The number of esters is 1. The number of rotatable bonds is 10. The zero-order chi connectivity index (χ0) is 25.5. The van der Waals surface area contributed by atoms with Crippen molar-refractivity contribution in [3.8, 4) is 5.75 Å². The lowest BCUT2D eigenvalue weighted by atomic mass is 9.99. The predicted molar refractivity (Wildman–Crippen MR) is 143 cm³/mol. The summed E-state index contributed by atoms with van der Waals surface area (Å²) in [6.45, 7) is 3.67. The lowest BCUT2D eigenvalue weighted by Gasteiger charge is -2.15. The molecule has 0 aliphatic carbocycles. The highest BCUT2D eigenvalue weighted by molar-refractivity contribution is 6.37. The van der Waals surface area contributed by atoms with Crippen LogP contribution >= 0.6 is 0 Å². The van der Waals surface area contributed by atoms with Crippen LogP contribution in [0.5, 0.6) is 5.75 Å². The van der Waals surface area contributed by atoms with Gasteiger partial charge in [0.2, 0.25) is 0 Å². The maximum absolute atomic E-state index is 13.1. The van der Waals surface area contributed by atoms with Crippen molar-refractivity contribution < 1.29 is 19.1 Å². The van der Waals surface area contributed by atoms with Gasteiger partial charge in [0.05, 0.1) is 35.7 Å². The Labute approximate surface area is 211 Å². The summed E-state index contributed by atoms with van der Waals surface area (Å²) < 4.78 is 10.9. The maximum Gasteiger partial charge on any atom is 0.338 e. The highest BCUT2D eigenvalue weighted by Gasteiger charge is 2.29. The Balaban J connectivity index is 1.63. The standard InChI is InChI=1S/C29H31N3O4/c1-4-35-29(34)21-11-16-24-25(19-21)31-28(33)26(24)27(20-9-6-5-7-10-20)30-22-12-14-23(15-13-22)36-18-8-17-32(2)3/h5-7,9-16,19,30H,4,8,17-18H2,1-3H3,(H,31,33). The largest absolute Gasteiger partial charge is 0.494 e. The number of hydrogen-bond donors (Lipinski definition) is 2. The zero-order valence-electron chi connectivity index (χ0n) is 20.8. The van der Waals surface area contributed by atoms with E-state index in [1.165, 1.54) is 0 Å². The number of hydrogen-bond acceptors (Lipinski definition) is 6. The molecule has 0 unspecified atom stereocenters. The van der Waals surface area contributed by atoms with Crippen LogP contribution in [0.25, 0.3) is 11.3 Å². The van der Waals surface area contributed by atoms with E-state index in [-0.39, 0.29) is 12.5 Å². The normalized spacial score (nSPS) is 13.7. The van der Waals surface area contributed by atoms with E-state index >= 15 is 0 Å². The third-order valence-electron chi connectivity index (χ3n) is 5.73. The minimum Gasteiger partial charge on any atom is -0.494 e. The van der Waals surface area contributed by atoms with Crippen molar-refractivity contribution >= 4 is 34.5 Å². The van der Waals surface area contributed by atoms with Gasteiger partial charge in [0.1, 0.15) is 5.75 Å². The van der Waals surface area contributed by atoms with E-state index in [4.69, 9.17) is 9.47 Å². The highest BCUT2D eigenvalue weighted by Crippen LogP contribution is 2.38. The molecule has 0 atom stereocenters. The minimum atomic E-state index is -0.419. The molecule has 0 aromatic heterocycles. The molecule has 1 aliphatic rings. The fourth-order valence-corrected chi connectivity index (χ4v) is 4.00. The van der Waals surface area contributed by atoms with E-state index in [0.717, 1.165) is 35.5 Å². The molecule has 186 valence electrons. The van der Waals surface area contributed by atoms with Crippen LogP contribution in [-0.4, -0.2) is 50.6 Å². The predicted octanol–water partition coefficient (Wildman–Crippen LogP) is 5.13. The Kier molecular flexibility index (Phi) is 8.02. The van der Waals surface area contributed by atoms with E-state index in [2.05, 4.69) is 15.5 Å². The van der Waals surface area contributed by atoms with Gasteiger partial charge in [-0.3, -0.25) is 4.79 Å². The summed E-state index contributed by atoms with van der Waals surface area (Å²) in [6, 6.07) is 22.5. The molecule has 2 N–H and O–H groups in total. The lowest BCUT2D eigenvalue weighted by Crippen LogP contribution is -2.15. The van der Waals surface area contributed by atoms with Crippen molar-refractivity contribution in [2.75, 3.05) is 44.5 Å². The first-order valence-corrected chi connectivity index (χ1v) is 12.0. The third-order valence-corrected chi connectivity index (χ3v) is 5.73. The second kappa shape index (κ2) is 11.6. The maximum atomic E-state index is 13.1. The second-order valence-corrected chi connectivity index (χ2v) is 8.71. The zero-order valence-corrected chi connectivity index (χ0v) is 20.8. The number of nitrogens with one attached hydrogen (secondary N) is 2. The Morgan fingerprint density at radius 1 is 0.972 bits per heavy atom. The molecule has 1 aliphatic heterocycles. The van der Waals surface area contributed by atoms with E-state index < -0.39 is 5.97 Å². The van der Waals surface area contributed by atoms with Gasteiger partial charge >= 0.3 is 5.97 Å². The van der Waals surface area contributed by atoms with Gasteiger partial charge in [-0.2, -0.15) is 0 Å². The molecule has 0 spiro atoms. The van der Waals surface area contributed by atoms with Crippen LogP contribution in [0.2, 0.25) is 0 Å². The van der Waals surface area contributed by atoms with Crippen LogP contribution in [0.1, 0.15) is 34.8 Å². The molecular formula is C29H31N3O4. The molecule has 0 saturated heterocycles. The first-order chi connectivity index (χ1) is 17.5.